The Morgan fingerprint density at radius 3 is 2.48 bits per heavy atom. The van der Waals surface area contributed by atoms with Gasteiger partial charge in [-0.3, -0.25) is 13.9 Å². The average molecular weight is 427 g/mol. The van der Waals surface area contributed by atoms with Gasteiger partial charge >= 0.3 is 0 Å². The lowest BCUT2D eigenvalue weighted by molar-refractivity contribution is -0.0511. The summed E-state index contributed by atoms with van der Waals surface area (Å²) in [6.45, 7) is 11.1. The summed E-state index contributed by atoms with van der Waals surface area (Å²) in [7, 11) is -1.91. The SMILES string of the molecule is CC(C)(C)[Si](C)(C)OCCn1cnc2c(ncn2[C@@H]2O[C@H](CO)[C@@H](O)[C@H]2O)c1=O. The first kappa shape index (κ1) is 22.1. The zero-order valence-electron chi connectivity index (χ0n) is 17.4. The van der Waals surface area contributed by atoms with Crippen molar-refractivity contribution < 1.29 is 24.5 Å². The van der Waals surface area contributed by atoms with Crippen molar-refractivity contribution in [2.45, 2.75) is 70.0 Å². The molecule has 1 fully saturated rings. The standard InChI is InChI=1S/C18H30N4O6Si/c1-18(2,3)29(4,5)27-7-6-21-9-20-15-12(16(21)26)19-10-22(15)17-14(25)13(24)11(8-23)28-17/h9-11,13-14,17,23-25H,6-8H2,1-5H3/t11-,13-,14-,17-/m1/s1. The molecular weight excluding hydrogens is 396 g/mol. The molecule has 11 heteroatoms. The van der Waals surface area contributed by atoms with E-state index in [1.807, 2.05) is 0 Å². The molecule has 0 spiro atoms. The van der Waals surface area contributed by atoms with E-state index >= 15 is 0 Å². The molecule has 1 aliphatic rings. The van der Waals surface area contributed by atoms with Gasteiger partial charge in [0.05, 0.1) is 19.5 Å². The number of nitrogens with zero attached hydrogens (tertiary/aromatic N) is 4. The molecule has 3 rings (SSSR count). The Labute approximate surface area is 169 Å². The lowest BCUT2D eigenvalue weighted by Gasteiger charge is -2.36. The molecule has 2 aromatic heterocycles. The van der Waals surface area contributed by atoms with Crippen LogP contribution in [0.2, 0.25) is 18.1 Å². The number of fused-ring (bicyclic) bond motifs is 1. The molecule has 0 radical (unpaired) electrons. The largest absolute Gasteiger partial charge is 0.415 e. The summed E-state index contributed by atoms with van der Waals surface area (Å²) in [5, 5.41) is 29.5. The van der Waals surface area contributed by atoms with Gasteiger partial charge in [-0.2, -0.15) is 0 Å². The first-order valence-electron chi connectivity index (χ1n) is 9.66. The van der Waals surface area contributed by atoms with E-state index < -0.39 is 39.5 Å². The molecule has 2 aromatic rings. The summed E-state index contributed by atoms with van der Waals surface area (Å²) in [6.07, 6.45) is -1.66. The topological polar surface area (TPSA) is 132 Å². The highest BCUT2D eigenvalue weighted by Crippen LogP contribution is 2.36. The lowest BCUT2D eigenvalue weighted by atomic mass is 10.1. The summed E-state index contributed by atoms with van der Waals surface area (Å²) in [6, 6.07) is 0. The number of aliphatic hydroxyl groups is 3. The Hall–Kier alpha value is -1.63. The van der Waals surface area contributed by atoms with E-state index in [9.17, 15) is 20.1 Å². The third kappa shape index (κ3) is 4.02. The Bertz CT molecular complexity index is 921. The van der Waals surface area contributed by atoms with Crippen LogP contribution in [0.15, 0.2) is 17.4 Å². The highest BCUT2D eigenvalue weighted by atomic mass is 28.4. The number of aromatic nitrogens is 4. The van der Waals surface area contributed by atoms with E-state index in [0.717, 1.165) is 0 Å². The summed E-state index contributed by atoms with van der Waals surface area (Å²) in [5.74, 6) is 0. The minimum atomic E-state index is -1.91. The number of imidazole rings is 1. The van der Waals surface area contributed by atoms with Crippen molar-refractivity contribution in [1.82, 2.24) is 19.1 Å². The van der Waals surface area contributed by atoms with Gasteiger partial charge in [0.25, 0.3) is 5.56 Å². The number of ether oxygens (including phenoxy) is 1. The molecule has 0 bridgehead atoms. The van der Waals surface area contributed by atoms with E-state index in [-0.39, 0.29) is 21.8 Å². The average Bonchev–Trinajstić information content (AvgIpc) is 3.18. The Balaban J connectivity index is 1.79. The van der Waals surface area contributed by atoms with Crippen LogP contribution in [0.25, 0.3) is 11.2 Å². The number of aliphatic hydroxyl groups excluding tert-OH is 3. The minimum Gasteiger partial charge on any atom is -0.415 e. The van der Waals surface area contributed by atoms with Gasteiger partial charge in [-0.15, -0.1) is 0 Å². The van der Waals surface area contributed by atoms with Gasteiger partial charge < -0.3 is 24.5 Å². The van der Waals surface area contributed by atoms with Crippen molar-refractivity contribution in [3.63, 3.8) is 0 Å². The molecule has 29 heavy (non-hydrogen) atoms. The highest BCUT2D eigenvalue weighted by molar-refractivity contribution is 6.74. The molecular formula is C18H30N4O6Si. The van der Waals surface area contributed by atoms with Crippen LogP contribution in [-0.2, 0) is 15.7 Å². The minimum absolute atomic E-state index is 0.0814. The van der Waals surface area contributed by atoms with Crippen molar-refractivity contribution in [2.75, 3.05) is 13.2 Å². The van der Waals surface area contributed by atoms with E-state index in [1.54, 1.807) is 0 Å². The van der Waals surface area contributed by atoms with Crippen molar-refractivity contribution in [2.24, 2.45) is 0 Å². The zero-order valence-corrected chi connectivity index (χ0v) is 18.4. The van der Waals surface area contributed by atoms with Gasteiger partial charge in [-0.05, 0) is 18.1 Å². The molecule has 162 valence electrons. The fourth-order valence-electron chi connectivity index (χ4n) is 3.02. The Morgan fingerprint density at radius 2 is 1.90 bits per heavy atom. The van der Waals surface area contributed by atoms with Crippen molar-refractivity contribution in [3.05, 3.63) is 23.0 Å². The third-order valence-electron chi connectivity index (χ3n) is 5.94. The van der Waals surface area contributed by atoms with E-state index in [4.69, 9.17) is 9.16 Å². The van der Waals surface area contributed by atoms with Crippen LogP contribution in [0.3, 0.4) is 0 Å². The number of hydrogen-bond donors (Lipinski definition) is 3. The summed E-state index contributed by atoms with van der Waals surface area (Å²) in [4.78, 5) is 21.2. The maximum absolute atomic E-state index is 12.8. The monoisotopic (exact) mass is 426 g/mol. The summed E-state index contributed by atoms with van der Waals surface area (Å²) < 4.78 is 14.5. The quantitative estimate of drug-likeness (QED) is 0.559. The van der Waals surface area contributed by atoms with Crippen LogP contribution in [0.1, 0.15) is 27.0 Å². The van der Waals surface area contributed by atoms with Gasteiger partial charge in [0.1, 0.15) is 24.6 Å². The van der Waals surface area contributed by atoms with Crippen LogP contribution in [0.4, 0.5) is 0 Å². The number of hydrogen-bond acceptors (Lipinski definition) is 8. The lowest BCUT2D eigenvalue weighted by Crippen LogP contribution is -2.41. The van der Waals surface area contributed by atoms with Crippen molar-refractivity contribution >= 4 is 19.5 Å². The maximum atomic E-state index is 12.8. The van der Waals surface area contributed by atoms with Crippen molar-refractivity contribution in [3.8, 4) is 0 Å². The smallest absolute Gasteiger partial charge is 0.281 e. The van der Waals surface area contributed by atoms with Crippen LogP contribution in [-0.4, -0.2) is 74.3 Å². The second kappa shape index (κ2) is 7.89. The maximum Gasteiger partial charge on any atom is 0.281 e. The van der Waals surface area contributed by atoms with E-state index in [2.05, 4.69) is 43.8 Å². The van der Waals surface area contributed by atoms with Gasteiger partial charge in [-0.1, -0.05) is 20.8 Å². The van der Waals surface area contributed by atoms with Gasteiger partial charge in [0.15, 0.2) is 25.7 Å². The summed E-state index contributed by atoms with van der Waals surface area (Å²) >= 11 is 0. The molecule has 0 aliphatic carbocycles. The van der Waals surface area contributed by atoms with Crippen molar-refractivity contribution in [1.29, 1.82) is 0 Å². The van der Waals surface area contributed by atoms with Crippen LogP contribution in [0, 0.1) is 0 Å². The molecule has 0 saturated carbocycles. The first-order chi connectivity index (χ1) is 13.5. The number of rotatable bonds is 6. The normalized spacial score (nSPS) is 25.8. The molecule has 0 aromatic carbocycles. The fraction of sp³-hybridized carbons (Fsp3) is 0.722. The molecule has 10 nitrogen and oxygen atoms in total. The molecule has 0 amide bonds. The first-order valence-corrected chi connectivity index (χ1v) is 12.6. The predicted octanol–water partition coefficient (Wildman–Crippen LogP) is 0.226. The molecule has 1 saturated heterocycles. The van der Waals surface area contributed by atoms with Crippen LogP contribution < -0.4 is 5.56 Å². The Morgan fingerprint density at radius 1 is 1.21 bits per heavy atom. The zero-order chi connectivity index (χ0) is 21.6. The van der Waals surface area contributed by atoms with E-state index in [0.29, 0.717) is 13.2 Å². The van der Waals surface area contributed by atoms with Gasteiger partial charge in [-0.25, -0.2) is 9.97 Å². The van der Waals surface area contributed by atoms with Crippen LogP contribution >= 0.6 is 0 Å². The predicted molar refractivity (Wildman–Crippen MR) is 108 cm³/mol. The molecule has 0 unspecified atom stereocenters. The van der Waals surface area contributed by atoms with Gasteiger partial charge in [0, 0.05) is 6.54 Å². The molecule has 1 aliphatic heterocycles. The molecule has 3 N–H and O–H groups in total. The highest BCUT2D eigenvalue weighted by Gasteiger charge is 2.44. The Kier molecular flexibility index (Phi) is 6.00. The fourth-order valence-corrected chi connectivity index (χ4v) is 4.05. The van der Waals surface area contributed by atoms with Crippen LogP contribution in [0.5, 0.6) is 0 Å². The van der Waals surface area contributed by atoms with E-state index in [1.165, 1.54) is 21.8 Å². The molecule has 3 heterocycles. The second-order valence-corrected chi connectivity index (χ2v) is 13.7. The van der Waals surface area contributed by atoms with Gasteiger partial charge in [0.2, 0.25) is 0 Å². The molecule has 4 atom stereocenters. The summed E-state index contributed by atoms with van der Waals surface area (Å²) in [5.41, 5.74) is 0.0586. The second-order valence-electron chi connectivity index (χ2n) is 8.90. The third-order valence-corrected chi connectivity index (χ3v) is 10.5.